The number of phosphoric ester groups is 1. The first kappa shape index (κ1) is 32.7. The molecule has 198 valence electrons. The summed E-state index contributed by atoms with van der Waals surface area (Å²) < 4.78 is 26.5. The summed E-state index contributed by atoms with van der Waals surface area (Å²) in [4.78, 5) is 9.50. The summed E-state index contributed by atoms with van der Waals surface area (Å²) in [6, 6.07) is 0. The Kier molecular flexibility index (Phi) is 23.2. The largest absolute Gasteiger partial charge is 0.472 e. The van der Waals surface area contributed by atoms with Crippen LogP contribution in [0.15, 0.2) is 12.2 Å². The highest BCUT2D eigenvalue weighted by molar-refractivity contribution is 7.47. The lowest BCUT2D eigenvalue weighted by molar-refractivity contribution is -0.0261. The Morgan fingerprint density at radius 3 is 1.82 bits per heavy atom. The molecule has 0 spiro atoms. The van der Waals surface area contributed by atoms with Gasteiger partial charge in [-0.1, -0.05) is 76.9 Å². The molecular weight excluding hydrogens is 447 g/mol. The van der Waals surface area contributed by atoms with E-state index in [2.05, 4.69) is 23.6 Å². The molecule has 0 aliphatic heterocycles. The Morgan fingerprint density at radius 2 is 1.27 bits per heavy atom. The van der Waals surface area contributed by atoms with Crippen molar-refractivity contribution in [2.24, 2.45) is 0 Å². The summed E-state index contributed by atoms with van der Waals surface area (Å²) in [6.45, 7) is 0.939. The third-order valence-electron chi connectivity index (χ3n) is 5.28. The van der Waals surface area contributed by atoms with Gasteiger partial charge in [-0.2, -0.15) is 0 Å². The van der Waals surface area contributed by atoms with Crippen LogP contribution in [-0.2, 0) is 18.3 Å². The van der Waals surface area contributed by atoms with Gasteiger partial charge >= 0.3 is 7.82 Å². The van der Waals surface area contributed by atoms with Crippen molar-refractivity contribution in [3.8, 4) is 0 Å². The summed E-state index contributed by atoms with van der Waals surface area (Å²) in [5.41, 5.74) is 0. The van der Waals surface area contributed by atoms with Gasteiger partial charge in [0.1, 0.15) is 12.2 Å². The van der Waals surface area contributed by atoms with Gasteiger partial charge in [-0.05, 0) is 32.1 Å². The van der Waals surface area contributed by atoms with Crippen LogP contribution in [0.4, 0.5) is 0 Å². The van der Waals surface area contributed by atoms with E-state index in [0.29, 0.717) is 6.61 Å². The highest BCUT2D eigenvalue weighted by Crippen LogP contribution is 2.43. The second-order valence-corrected chi connectivity index (χ2v) is 9.96. The zero-order valence-electron chi connectivity index (χ0n) is 20.6. The van der Waals surface area contributed by atoms with Gasteiger partial charge in [0.05, 0.1) is 26.4 Å². The highest BCUT2D eigenvalue weighted by atomic mass is 31.2. The fourth-order valence-corrected chi connectivity index (χ4v) is 3.99. The molecule has 0 aromatic rings. The van der Waals surface area contributed by atoms with Crippen molar-refractivity contribution in [1.82, 2.24) is 0 Å². The van der Waals surface area contributed by atoms with E-state index in [1.165, 1.54) is 64.2 Å². The maximum Gasteiger partial charge on any atom is 0.472 e. The van der Waals surface area contributed by atoms with Crippen LogP contribution in [0.25, 0.3) is 0 Å². The van der Waals surface area contributed by atoms with Crippen LogP contribution in [0.3, 0.4) is 0 Å². The summed E-state index contributed by atoms with van der Waals surface area (Å²) in [6.07, 6.45) is 19.8. The molecule has 9 heteroatoms. The Balaban J connectivity index is 3.54. The molecule has 0 amide bonds. The first-order valence-corrected chi connectivity index (χ1v) is 14.2. The second-order valence-electron chi connectivity index (χ2n) is 8.51. The van der Waals surface area contributed by atoms with Crippen molar-refractivity contribution >= 4 is 7.82 Å². The molecule has 0 bridgehead atoms. The van der Waals surface area contributed by atoms with Crippen LogP contribution in [0.1, 0.15) is 96.8 Å². The lowest BCUT2D eigenvalue weighted by atomic mass is 10.1. The third kappa shape index (κ3) is 23.2. The van der Waals surface area contributed by atoms with Gasteiger partial charge in [-0.3, -0.25) is 9.05 Å². The summed E-state index contributed by atoms with van der Waals surface area (Å²) in [7, 11) is -4.37. The zero-order chi connectivity index (χ0) is 24.6. The van der Waals surface area contributed by atoms with Gasteiger partial charge in [-0.25, -0.2) is 4.57 Å². The molecule has 0 rings (SSSR count). The minimum absolute atomic E-state index is 0.300. The van der Waals surface area contributed by atoms with Crippen molar-refractivity contribution in [2.45, 2.75) is 109 Å². The van der Waals surface area contributed by atoms with E-state index in [0.717, 1.165) is 25.7 Å². The van der Waals surface area contributed by atoms with Gasteiger partial charge in [0.15, 0.2) is 0 Å². The fraction of sp³-hybridized carbons (Fsp3) is 0.917. The van der Waals surface area contributed by atoms with E-state index in [1.54, 1.807) is 0 Å². The molecule has 0 aromatic heterocycles. The molecule has 0 aromatic carbocycles. The Hall–Kier alpha value is -0.310. The smallest absolute Gasteiger partial charge is 0.394 e. The van der Waals surface area contributed by atoms with Crippen LogP contribution < -0.4 is 0 Å². The molecule has 8 nitrogen and oxygen atoms in total. The van der Waals surface area contributed by atoms with Crippen molar-refractivity contribution in [1.29, 1.82) is 0 Å². The zero-order valence-corrected chi connectivity index (χ0v) is 21.5. The van der Waals surface area contributed by atoms with Gasteiger partial charge < -0.3 is 24.9 Å². The number of aliphatic hydroxyl groups excluding tert-OH is 3. The Labute approximate surface area is 201 Å². The summed E-state index contributed by atoms with van der Waals surface area (Å²) in [5.74, 6) is 0. The van der Waals surface area contributed by atoms with E-state index in [9.17, 15) is 14.6 Å². The van der Waals surface area contributed by atoms with Crippen LogP contribution in [0.5, 0.6) is 0 Å². The quantitative estimate of drug-likeness (QED) is 0.0800. The number of allylic oxidation sites excluding steroid dienone is 2. The molecule has 4 N–H and O–H groups in total. The molecule has 3 atom stereocenters. The highest BCUT2D eigenvalue weighted by Gasteiger charge is 2.24. The molecule has 0 fully saturated rings. The average molecular weight is 497 g/mol. The number of unbranched alkanes of at least 4 members (excludes halogenated alkanes) is 12. The Morgan fingerprint density at radius 1 is 0.758 bits per heavy atom. The van der Waals surface area contributed by atoms with Crippen molar-refractivity contribution in [3.63, 3.8) is 0 Å². The minimum Gasteiger partial charge on any atom is -0.394 e. The van der Waals surface area contributed by atoms with E-state index < -0.39 is 33.2 Å². The third-order valence-corrected chi connectivity index (χ3v) is 6.23. The summed E-state index contributed by atoms with van der Waals surface area (Å²) >= 11 is 0. The number of phosphoric acid groups is 1. The number of aliphatic hydroxyl groups is 3. The van der Waals surface area contributed by atoms with E-state index >= 15 is 0 Å². The molecule has 0 radical (unpaired) electrons. The standard InChI is InChI=1S/C24H49O8P/c1-2-3-4-5-6-7-8-9-10-11-12-13-14-15-16-17-18-30-24(20-26)22-32-33(28,29)31-21-23(27)19-25/h9-10,23-27H,2-8,11-22H2,1H3,(H,28,29)/b10-9-/t23?,24-/m1/s1. The van der Waals surface area contributed by atoms with Crippen LogP contribution in [0, 0.1) is 0 Å². The lowest BCUT2D eigenvalue weighted by Crippen LogP contribution is -2.25. The minimum atomic E-state index is -4.37. The molecular formula is C24H49O8P. The summed E-state index contributed by atoms with van der Waals surface area (Å²) in [5, 5.41) is 27.1. The molecule has 0 heterocycles. The first-order chi connectivity index (χ1) is 15.9. The number of ether oxygens (including phenoxy) is 1. The maximum absolute atomic E-state index is 11.7. The fourth-order valence-electron chi connectivity index (χ4n) is 3.20. The molecule has 0 aliphatic rings. The SMILES string of the molecule is CCCCCCCC/C=C\CCCCCCCCO[C@H](CO)COP(=O)(O)OCC(O)CO. The number of rotatable bonds is 25. The second kappa shape index (κ2) is 23.4. The van der Waals surface area contributed by atoms with Crippen molar-refractivity contribution in [3.05, 3.63) is 12.2 Å². The van der Waals surface area contributed by atoms with Crippen LogP contribution in [-0.4, -0.2) is 65.5 Å². The topological polar surface area (TPSA) is 126 Å². The van der Waals surface area contributed by atoms with Crippen molar-refractivity contribution < 1.29 is 38.6 Å². The number of hydrogen-bond acceptors (Lipinski definition) is 7. The van der Waals surface area contributed by atoms with Crippen LogP contribution in [0.2, 0.25) is 0 Å². The Bertz CT molecular complexity index is 489. The maximum atomic E-state index is 11.7. The molecule has 0 saturated heterocycles. The van der Waals surface area contributed by atoms with Gasteiger partial charge in [0, 0.05) is 6.61 Å². The van der Waals surface area contributed by atoms with E-state index in [-0.39, 0.29) is 13.2 Å². The van der Waals surface area contributed by atoms with E-state index in [4.69, 9.17) is 19.5 Å². The molecule has 0 saturated carbocycles. The van der Waals surface area contributed by atoms with Gasteiger partial charge in [0.25, 0.3) is 0 Å². The molecule has 2 unspecified atom stereocenters. The molecule has 0 aliphatic carbocycles. The average Bonchev–Trinajstić information content (AvgIpc) is 2.81. The lowest BCUT2D eigenvalue weighted by Gasteiger charge is -2.18. The predicted molar refractivity (Wildman–Crippen MR) is 131 cm³/mol. The van der Waals surface area contributed by atoms with Crippen LogP contribution >= 0.6 is 7.82 Å². The van der Waals surface area contributed by atoms with Crippen molar-refractivity contribution in [2.75, 3.05) is 33.0 Å². The normalized spacial score (nSPS) is 15.7. The van der Waals surface area contributed by atoms with E-state index in [1.807, 2.05) is 0 Å². The predicted octanol–water partition coefficient (Wildman–Crippen LogP) is 4.89. The monoisotopic (exact) mass is 496 g/mol. The first-order valence-electron chi connectivity index (χ1n) is 12.7. The number of hydrogen-bond donors (Lipinski definition) is 4. The van der Waals surface area contributed by atoms with Gasteiger partial charge in [0.2, 0.25) is 0 Å². The molecule has 33 heavy (non-hydrogen) atoms. The van der Waals surface area contributed by atoms with Gasteiger partial charge in [-0.15, -0.1) is 0 Å².